The van der Waals surface area contributed by atoms with Crippen molar-refractivity contribution < 1.29 is 9.53 Å². The smallest absolute Gasteiger partial charge is 0.409 e. The summed E-state index contributed by atoms with van der Waals surface area (Å²) < 4.78 is 6.91. The van der Waals surface area contributed by atoms with E-state index in [1.54, 1.807) is 4.90 Å². The fourth-order valence-corrected chi connectivity index (χ4v) is 3.48. The Labute approximate surface area is 147 Å². The van der Waals surface area contributed by atoms with Crippen molar-refractivity contribution in [2.45, 2.75) is 52.0 Å². The summed E-state index contributed by atoms with van der Waals surface area (Å²) in [6.07, 6.45) is 1.25. The third-order valence-corrected chi connectivity index (χ3v) is 4.94. The van der Waals surface area contributed by atoms with E-state index in [9.17, 15) is 9.59 Å². The van der Waals surface area contributed by atoms with E-state index in [4.69, 9.17) is 4.74 Å². The number of hydrogen-bond donors (Lipinski definition) is 1. The van der Waals surface area contributed by atoms with Crippen molar-refractivity contribution in [1.29, 1.82) is 0 Å². The van der Waals surface area contributed by atoms with Gasteiger partial charge in [0.1, 0.15) is 0 Å². The molecule has 2 heterocycles. The molecule has 3 rings (SSSR count). The third kappa shape index (κ3) is 3.43. The molecule has 136 valence electrons. The van der Waals surface area contributed by atoms with Crippen LogP contribution in [0.4, 0.5) is 4.79 Å². The molecule has 0 bridgehead atoms. The maximum atomic E-state index is 12.5. The van der Waals surface area contributed by atoms with Crippen molar-refractivity contribution in [3.8, 4) is 0 Å². The van der Waals surface area contributed by atoms with Gasteiger partial charge in [-0.1, -0.05) is 26.8 Å². The Morgan fingerprint density at radius 2 is 1.96 bits per heavy atom. The predicted octanol–water partition coefficient (Wildman–Crippen LogP) is 3.42. The number of nitrogens with one attached hydrogen (secondary N) is 1. The number of H-pyrrole nitrogens is 1. The van der Waals surface area contributed by atoms with E-state index in [2.05, 4.69) is 37.9 Å². The minimum Gasteiger partial charge on any atom is -0.450 e. The number of likely N-dealkylation sites (tertiary alicyclic amines) is 1. The molecule has 2 aromatic rings. The molecule has 25 heavy (non-hydrogen) atoms. The second-order valence-electron chi connectivity index (χ2n) is 7.70. The molecule has 1 fully saturated rings. The molecule has 1 aliphatic rings. The molecule has 1 aromatic carbocycles. The molecule has 1 saturated heterocycles. The summed E-state index contributed by atoms with van der Waals surface area (Å²) in [6.45, 7) is 9.90. The van der Waals surface area contributed by atoms with Crippen LogP contribution in [0.3, 0.4) is 0 Å². The van der Waals surface area contributed by atoms with Gasteiger partial charge in [-0.15, -0.1) is 0 Å². The number of ether oxygens (including phenoxy) is 1. The van der Waals surface area contributed by atoms with Crippen molar-refractivity contribution in [1.82, 2.24) is 14.5 Å². The topological polar surface area (TPSA) is 67.3 Å². The summed E-state index contributed by atoms with van der Waals surface area (Å²) in [5, 5.41) is 0. The zero-order chi connectivity index (χ0) is 18.2. The second kappa shape index (κ2) is 6.58. The minimum absolute atomic E-state index is 0.0398. The number of aromatic amines is 1. The molecule has 1 amide bonds. The maximum absolute atomic E-state index is 12.5. The Morgan fingerprint density at radius 1 is 1.28 bits per heavy atom. The van der Waals surface area contributed by atoms with E-state index in [0.29, 0.717) is 19.7 Å². The first-order chi connectivity index (χ1) is 11.8. The molecule has 6 heteroatoms. The molecule has 0 radical (unpaired) electrons. The zero-order valence-electron chi connectivity index (χ0n) is 15.5. The van der Waals surface area contributed by atoms with Gasteiger partial charge in [-0.2, -0.15) is 0 Å². The average Bonchev–Trinajstić information content (AvgIpc) is 2.89. The first-order valence-corrected chi connectivity index (χ1v) is 8.97. The lowest BCUT2D eigenvalue weighted by molar-refractivity contribution is 0.0928. The van der Waals surface area contributed by atoms with Crippen LogP contribution in [-0.4, -0.2) is 40.2 Å². The molecule has 0 unspecified atom stereocenters. The van der Waals surface area contributed by atoms with Gasteiger partial charge < -0.3 is 14.6 Å². The number of rotatable bonds is 2. The average molecular weight is 345 g/mol. The van der Waals surface area contributed by atoms with Gasteiger partial charge in [0, 0.05) is 19.1 Å². The largest absolute Gasteiger partial charge is 0.450 e. The number of aromatic nitrogens is 2. The van der Waals surface area contributed by atoms with Gasteiger partial charge in [0.05, 0.1) is 17.6 Å². The van der Waals surface area contributed by atoms with Crippen LogP contribution in [0, 0.1) is 0 Å². The number of carbonyl (C=O) groups excluding carboxylic acids is 1. The monoisotopic (exact) mass is 345 g/mol. The van der Waals surface area contributed by atoms with E-state index in [-0.39, 0.29) is 23.2 Å². The van der Waals surface area contributed by atoms with Crippen molar-refractivity contribution in [3.05, 3.63) is 34.2 Å². The van der Waals surface area contributed by atoms with Crippen molar-refractivity contribution >= 4 is 17.1 Å². The van der Waals surface area contributed by atoms with E-state index in [1.165, 1.54) is 5.56 Å². The number of amides is 1. The Balaban J connectivity index is 1.84. The van der Waals surface area contributed by atoms with Crippen LogP contribution in [0.1, 0.15) is 52.1 Å². The lowest BCUT2D eigenvalue weighted by Gasteiger charge is -2.31. The Morgan fingerprint density at radius 3 is 2.56 bits per heavy atom. The quantitative estimate of drug-likeness (QED) is 0.907. The third-order valence-electron chi connectivity index (χ3n) is 4.94. The second-order valence-corrected chi connectivity index (χ2v) is 7.70. The van der Waals surface area contributed by atoms with Crippen LogP contribution >= 0.6 is 0 Å². The molecule has 0 saturated carbocycles. The summed E-state index contributed by atoms with van der Waals surface area (Å²) in [6, 6.07) is 6.30. The fourth-order valence-electron chi connectivity index (χ4n) is 3.48. The number of nitrogens with zero attached hydrogens (tertiary/aromatic N) is 2. The molecule has 6 nitrogen and oxygen atoms in total. The maximum Gasteiger partial charge on any atom is 0.409 e. The number of piperidine rings is 1. The molecule has 1 aliphatic heterocycles. The highest BCUT2D eigenvalue weighted by Gasteiger charge is 2.27. The van der Waals surface area contributed by atoms with Crippen LogP contribution in [0.25, 0.3) is 11.0 Å². The summed E-state index contributed by atoms with van der Waals surface area (Å²) in [7, 11) is 0. The highest BCUT2D eigenvalue weighted by Crippen LogP contribution is 2.28. The summed E-state index contributed by atoms with van der Waals surface area (Å²) in [5.74, 6) is 0. The van der Waals surface area contributed by atoms with Gasteiger partial charge in [0.2, 0.25) is 0 Å². The lowest BCUT2D eigenvalue weighted by Crippen LogP contribution is -2.40. The van der Waals surface area contributed by atoms with E-state index in [1.807, 2.05) is 17.6 Å². The van der Waals surface area contributed by atoms with Crippen molar-refractivity contribution in [2.75, 3.05) is 19.7 Å². The van der Waals surface area contributed by atoms with Gasteiger partial charge in [-0.05, 0) is 42.9 Å². The minimum atomic E-state index is -0.262. The summed E-state index contributed by atoms with van der Waals surface area (Å²) in [5.41, 5.74) is 2.98. The molecule has 1 N–H and O–H groups in total. The normalized spacial score (nSPS) is 16.4. The van der Waals surface area contributed by atoms with Crippen molar-refractivity contribution in [2.24, 2.45) is 0 Å². The number of fused-ring (bicyclic) bond motifs is 1. The van der Waals surface area contributed by atoms with Crippen LogP contribution in [0.15, 0.2) is 23.0 Å². The lowest BCUT2D eigenvalue weighted by atomic mass is 9.87. The molecular weight excluding hydrogens is 318 g/mol. The predicted molar refractivity (Wildman–Crippen MR) is 98.1 cm³/mol. The van der Waals surface area contributed by atoms with E-state index < -0.39 is 0 Å². The van der Waals surface area contributed by atoms with Crippen LogP contribution < -0.4 is 5.69 Å². The summed E-state index contributed by atoms with van der Waals surface area (Å²) in [4.78, 5) is 29.1. The number of imidazole rings is 1. The van der Waals surface area contributed by atoms with Crippen molar-refractivity contribution in [3.63, 3.8) is 0 Å². The summed E-state index contributed by atoms with van der Waals surface area (Å²) >= 11 is 0. The van der Waals surface area contributed by atoms with Gasteiger partial charge >= 0.3 is 11.8 Å². The van der Waals surface area contributed by atoms with Crippen LogP contribution in [-0.2, 0) is 10.2 Å². The molecule has 1 aromatic heterocycles. The van der Waals surface area contributed by atoms with Crippen LogP contribution in [0.5, 0.6) is 0 Å². The van der Waals surface area contributed by atoms with Gasteiger partial charge in [-0.3, -0.25) is 4.57 Å². The molecule has 0 spiro atoms. The van der Waals surface area contributed by atoms with Gasteiger partial charge in [-0.25, -0.2) is 9.59 Å². The highest BCUT2D eigenvalue weighted by molar-refractivity contribution is 5.76. The highest BCUT2D eigenvalue weighted by atomic mass is 16.6. The Hall–Kier alpha value is -2.24. The number of benzene rings is 1. The molecular formula is C19H27N3O3. The Kier molecular flexibility index (Phi) is 4.62. The van der Waals surface area contributed by atoms with Gasteiger partial charge in [0.25, 0.3) is 0 Å². The SMILES string of the molecule is CCOC(=O)N1CCC(n2c(=O)[nH]c3cc(C(C)(C)C)ccc32)CC1. The van der Waals surface area contributed by atoms with E-state index >= 15 is 0 Å². The first-order valence-electron chi connectivity index (χ1n) is 8.97. The van der Waals surface area contributed by atoms with E-state index in [0.717, 1.165) is 23.9 Å². The molecule has 0 atom stereocenters. The van der Waals surface area contributed by atoms with Crippen LogP contribution in [0.2, 0.25) is 0 Å². The Bertz CT molecular complexity index is 821. The molecule has 0 aliphatic carbocycles. The van der Waals surface area contributed by atoms with Gasteiger partial charge in [0.15, 0.2) is 0 Å². The number of hydrogen-bond acceptors (Lipinski definition) is 3. The number of carbonyl (C=O) groups is 1. The fraction of sp³-hybridized carbons (Fsp3) is 0.579. The zero-order valence-corrected chi connectivity index (χ0v) is 15.5. The first kappa shape index (κ1) is 17.6. The standard InChI is InChI=1S/C19H27N3O3/c1-5-25-18(24)21-10-8-14(9-11-21)22-16-7-6-13(19(2,3)4)12-15(16)20-17(22)23/h6-7,12,14H,5,8-11H2,1-4H3,(H,20,23).